The van der Waals surface area contributed by atoms with E-state index in [2.05, 4.69) is 0 Å². The van der Waals surface area contributed by atoms with Crippen molar-refractivity contribution in [2.45, 2.75) is 70.9 Å². The molecular formula is C31H44N4O9. The van der Waals surface area contributed by atoms with E-state index in [9.17, 15) is 24.6 Å². The molecule has 3 rings (SSSR count). The topological polar surface area (TPSA) is 173 Å². The second-order valence-corrected chi connectivity index (χ2v) is 11.8. The summed E-state index contributed by atoms with van der Waals surface area (Å²) >= 11 is 0. The van der Waals surface area contributed by atoms with Gasteiger partial charge in [-0.3, -0.25) is 4.90 Å². The predicted molar refractivity (Wildman–Crippen MR) is 161 cm³/mol. The maximum Gasteiger partial charge on any atom is 0.441 e. The lowest BCUT2D eigenvalue weighted by atomic mass is 9.90. The van der Waals surface area contributed by atoms with Crippen molar-refractivity contribution in [3.05, 3.63) is 54.1 Å². The normalized spacial score (nSPS) is 14.8. The van der Waals surface area contributed by atoms with Crippen molar-refractivity contribution in [2.75, 3.05) is 32.8 Å². The Morgan fingerprint density at radius 3 is 2.18 bits per heavy atom. The molecule has 0 bridgehead atoms. The minimum Gasteiger partial charge on any atom is -0.492 e. The van der Waals surface area contributed by atoms with Crippen LogP contribution in [-0.2, 0) is 20.7 Å². The molecule has 2 aromatic carbocycles. The Hall–Kier alpha value is -4.07. The van der Waals surface area contributed by atoms with Crippen molar-refractivity contribution in [2.24, 2.45) is 5.73 Å². The van der Waals surface area contributed by atoms with Gasteiger partial charge >= 0.3 is 18.3 Å². The monoisotopic (exact) mass is 616 g/mol. The van der Waals surface area contributed by atoms with Crippen LogP contribution >= 0.6 is 0 Å². The van der Waals surface area contributed by atoms with E-state index in [0.717, 1.165) is 23.0 Å². The fraction of sp³-hybridized carbons (Fsp3) is 0.516. The highest BCUT2D eigenvalue weighted by Gasteiger charge is 2.50. The third kappa shape index (κ3) is 9.46. The highest BCUT2D eigenvalue weighted by Crippen LogP contribution is 2.29. The third-order valence-corrected chi connectivity index (χ3v) is 6.97. The second-order valence-electron chi connectivity index (χ2n) is 11.8. The number of unbranched alkanes of at least 4 members (excludes halogenated alkanes) is 1. The first kappa shape index (κ1) is 34.4. The minimum atomic E-state index is -2.55. The molecule has 44 heavy (non-hydrogen) atoms. The van der Waals surface area contributed by atoms with Gasteiger partial charge in [-0.2, -0.15) is 0 Å². The highest BCUT2D eigenvalue weighted by atomic mass is 16.7. The van der Waals surface area contributed by atoms with Crippen LogP contribution in [0.15, 0.2) is 48.5 Å². The molecule has 1 saturated heterocycles. The van der Waals surface area contributed by atoms with Gasteiger partial charge in [-0.1, -0.05) is 49.7 Å². The van der Waals surface area contributed by atoms with Crippen molar-refractivity contribution >= 4 is 18.3 Å². The zero-order valence-electron chi connectivity index (χ0n) is 26.0. The standard InChI is InChI=1S/C31H44N4O9/c1-6-7-16-35(28(38)44-33-26(36)43-29(2,3)4)31(32,30(5,39)40)21-22-8-10-23(11-9-22)24-12-14-25(15-13-24)41-19-17-34-18-20-42-27(34)37/h8-15,39-40H,6-7,16-21,32H2,1-5H3,(H,33,36). The number of amides is 3. The molecule has 1 aliphatic heterocycles. The largest absolute Gasteiger partial charge is 0.492 e. The summed E-state index contributed by atoms with van der Waals surface area (Å²) in [4.78, 5) is 44.2. The summed E-state index contributed by atoms with van der Waals surface area (Å²) in [5.74, 6) is -1.88. The number of hydrogen-bond donors (Lipinski definition) is 4. The number of cyclic esters (lactones) is 1. The number of rotatable bonds is 12. The van der Waals surface area contributed by atoms with Crippen LogP contribution in [0.4, 0.5) is 14.4 Å². The van der Waals surface area contributed by atoms with Gasteiger partial charge in [-0.15, -0.1) is 5.48 Å². The zero-order chi connectivity index (χ0) is 32.5. The number of carbonyl (C=O) groups is 3. The molecule has 3 amide bonds. The van der Waals surface area contributed by atoms with E-state index in [1.54, 1.807) is 37.8 Å². The number of benzene rings is 2. The van der Waals surface area contributed by atoms with Crippen LogP contribution in [0, 0.1) is 0 Å². The van der Waals surface area contributed by atoms with Crippen LogP contribution in [0.1, 0.15) is 53.0 Å². The van der Waals surface area contributed by atoms with E-state index in [0.29, 0.717) is 50.5 Å². The number of hydroxylamine groups is 1. The van der Waals surface area contributed by atoms with Crippen molar-refractivity contribution in [1.82, 2.24) is 15.3 Å². The summed E-state index contributed by atoms with van der Waals surface area (Å²) in [5.41, 5.74) is 8.12. The van der Waals surface area contributed by atoms with Gasteiger partial charge in [0.25, 0.3) is 0 Å². The first-order valence-corrected chi connectivity index (χ1v) is 14.6. The van der Waals surface area contributed by atoms with Crippen molar-refractivity contribution in [3.63, 3.8) is 0 Å². The zero-order valence-corrected chi connectivity index (χ0v) is 26.0. The maximum atomic E-state index is 13.1. The first-order chi connectivity index (χ1) is 20.6. The lowest BCUT2D eigenvalue weighted by molar-refractivity contribution is -0.231. The third-order valence-electron chi connectivity index (χ3n) is 6.97. The molecule has 13 heteroatoms. The van der Waals surface area contributed by atoms with Crippen LogP contribution in [0.25, 0.3) is 11.1 Å². The summed E-state index contributed by atoms with van der Waals surface area (Å²) in [6.07, 6.45) is -1.35. The average molecular weight is 617 g/mol. The minimum absolute atomic E-state index is 0.0349. The Balaban J connectivity index is 1.69. The number of nitrogens with zero attached hydrogens (tertiary/aromatic N) is 2. The smallest absolute Gasteiger partial charge is 0.441 e. The molecule has 1 heterocycles. The van der Waals surface area contributed by atoms with Crippen LogP contribution in [0.5, 0.6) is 5.75 Å². The summed E-state index contributed by atoms with van der Waals surface area (Å²) in [7, 11) is 0. The molecule has 1 unspecified atom stereocenters. The molecule has 0 saturated carbocycles. The molecule has 2 aromatic rings. The van der Waals surface area contributed by atoms with Crippen LogP contribution < -0.4 is 16.0 Å². The molecule has 0 radical (unpaired) electrons. The Bertz CT molecular complexity index is 1260. The van der Waals surface area contributed by atoms with E-state index in [-0.39, 0.29) is 19.1 Å². The Morgan fingerprint density at radius 2 is 1.66 bits per heavy atom. The van der Waals surface area contributed by atoms with Gasteiger partial charge in [0.2, 0.25) is 0 Å². The molecule has 1 aliphatic rings. The number of aliphatic hydroxyl groups is 2. The molecule has 13 nitrogen and oxygen atoms in total. The summed E-state index contributed by atoms with van der Waals surface area (Å²) in [5, 5.41) is 21.5. The van der Waals surface area contributed by atoms with Crippen molar-refractivity contribution in [3.8, 4) is 16.9 Å². The van der Waals surface area contributed by atoms with Crippen LogP contribution in [-0.4, -0.2) is 88.2 Å². The summed E-state index contributed by atoms with van der Waals surface area (Å²) in [6.45, 7) is 9.75. The van der Waals surface area contributed by atoms with Crippen LogP contribution in [0.3, 0.4) is 0 Å². The van der Waals surface area contributed by atoms with Gasteiger partial charge in [0.1, 0.15) is 24.6 Å². The number of hydrogen-bond acceptors (Lipinski definition) is 10. The second kappa shape index (κ2) is 14.6. The SMILES string of the molecule is CCCCN(C(=O)ONC(=O)OC(C)(C)C)C(N)(Cc1ccc(-c2ccc(OCCN3CCOC3=O)cc2)cc1)C(C)(O)O. The van der Waals surface area contributed by atoms with Crippen molar-refractivity contribution in [1.29, 1.82) is 0 Å². The van der Waals surface area contributed by atoms with E-state index in [4.69, 9.17) is 24.8 Å². The molecule has 0 aliphatic carbocycles. The molecular weight excluding hydrogens is 572 g/mol. The lowest BCUT2D eigenvalue weighted by Crippen LogP contribution is -2.72. The van der Waals surface area contributed by atoms with Gasteiger partial charge in [-0.05, 0) is 62.9 Å². The fourth-order valence-corrected chi connectivity index (χ4v) is 4.50. The number of nitrogens with two attached hydrogens (primary N) is 1. The molecule has 1 fully saturated rings. The van der Waals surface area contributed by atoms with Gasteiger partial charge in [0.05, 0.1) is 13.1 Å². The number of ether oxygens (including phenoxy) is 3. The molecule has 1 atom stereocenters. The van der Waals surface area contributed by atoms with Crippen molar-refractivity contribution < 1.29 is 43.6 Å². The molecule has 242 valence electrons. The van der Waals surface area contributed by atoms with Gasteiger partial charge < -0.3 is 39.9 Å². The fourth-order valence-electron chi connectivity index (χ4n) is 4.50. The molecule has 0 spiro atoms. The number of carbonyl (C=O) groups excluding carboxylic acids is 3. The van der Waals surface area contributed by atoms with E-state index in [1.807, 2.05) is 48.8 Å². The van der Waals surface area contributed by atoms with Gasteiger partial charge in [0.15, 0.2) is 11.4 Å². The van der Waals surface area contributed by atoms with E-state index in [1.165, 1.54) is 0 Å². The Labute approximate surface area is 257 Å². The Morgan fingerprint density at radius 1 is 1.05 bits per heavy atom. The number of nitrogens with one attached hydrogen (secondary N) is 1. The van der Waals surface area contributed by atoms with Crippen LogP contribution in [0.2, 0.25) is 0 Å². The van der Waals surface area contributed by atoms with Gasteiger partial charge in [-0.25, -0.2) is 14.4 Å². The predicted octanol–water partition coefficient (Wildman–Crippen LogP) is 3.76. The Kier molecular flexibility index (Phi) is 11.4. The first-order valence-electron chi connectivity index (χ1n) is 14.6. The van der Waals surface area contributed by atoms with Gasteiger partial charge in [0, 0.05) is 13.0 Å². The highest BCUT2D eigenvalue weighted by molar-refractivity contribution is 5.73. The average Bonchev–Trinajstić information content (AvgIpc) is 3.35. The maximum absolute atomic E-state index is 13.1. The van der Waals surface area contributed by atoms with E-state index < -0.39 is 29.2 Å². The molecule has 0 aromatic heterocycles. The van der Waals surface area contributed by atoms with E-state index >= 15 is 0 Å². The summed E-state index contributed by atoms with van der Waals surface area (Å²) < 4.78 is 15.8. The molecule has 5 N–H and O–H groups in total. The quantitative estimate of drug-likeness (QED) is 0.156. The summed E-state index contributed by atoms with van der Waals surface area (Å²) in [6, 6.07) is 14.8. The lowest BCUT2D eigenvalue weighted by Gasteiger charge is -2.46.